The summed E-state index contributed by atoms with van der Waals surface area (Å²) >= 11 is 0. The second-order valence-electron chi connectivity index (χ2n) is 8.70. The largest absolute Gasteiger partial charge is 0.491 e. The van der Waals surface area contributed by atoms with Crippen LogP contribution in [-0.2, 0) is 19.8 Å². The summed E-state index contributed by atoms with van der Waals surface area (Å²) < 4.78 is 35.4. The zero-order valence-corrected chi connectivity index (χ0v) is 17.8. The standard InChI is InChI=1S/C20H25N5O5S/c21-17-16-14(23-31(28,29)24-17)6-3-7-15(16)30-11-20(10-13-8-9-25(13)19(20)27)18(26)22-12-4-1-2-5-12/h3,6-7,12-13,23H,1-2,4-5,8-11H2,(H2,21,24)(H,22,26). The highest BCUT2D eigenvalue weighted by molar-refractivity contribution is 7.91. The Hall–Kier alpha value is -2.82. The molecule has 0 radical (unpaired) electrons. The second kappa shape index (κ2) is 7.11. The molecule has 2 atom stereocenters. The van der Waals surface area contributed by atoms with Crippen LogP contribution in [0.5, 0.6) is 5.75 Å². The first-order chi connectivity index (χ1) is 14.8. The van der Waals surface area contributed by atoms with Gasteiger partial charge in [0.2, 0.25) is 11.8 Å². The molecule has 1 saturated carbocycles. The Morgan fingerprint density at radius 1 is 1.32 bits per heavy atom. The fraction of sp³-hybridized carbons (Fsp3) is 0.550. The van der Waals surface area contributed by atoms with Crippen LogP contribution in [0.3, 0.4) is 0 Å². The predicted molar refractivity (Wildman–Crippen MR) is 113 cm³/mol. The molecular formula is C20H25N5O5S. The maximum atomic E-state index is 13.3. The second-order valence-corrected chi connectivity index (χ2v) is 10.0. The molecule has 3 aliphatic heterocycles. The van der Waals surface area contributed by atoms with Gasteiger partial charge in [-0.1, -0.05) is 18.9 Å². The van der Waals surface area contributed by atoms with E-state index < -0.39 is 15.6 Å². The molecular weight excluding hydrogens is 422 g/mol. The summed E-state index contributed by atoms with van der Waals surface area (Å²) in [6, 6.07) is 4.94. The quantitative estimate of drug-likeness (QED) is 0.561. The van der Waals surface area contributed by atoms with Crippen molar-refractivity contribution >= 4 is 33.5 Å². The lowest BCUT2D eigenvalue weighted by atomic mass is 9.83. The summed E-state index contributed by atoms with van der Waals surface area (Å²) in [6.07, 6.45) is 5.28. The van der Waals surface area contributed by atoms with E-state index >= 15 is 0 Å². The molecule has 3 heterocycles. The number of hydrogen-bond acceptors (Lipinski definition) is 6. The lowest BCUT2D eigenvalue weighted by Crippen LogP contribution is -2.53. The highest BCUT2D eigenvalue weighted by Gasteiger charge is 2.60. The minimum Gasteiger partial charge on any atom is -0.491 e. The maximum absolute atomic E-state index is 13.3. The number of carbonyl (C=O) groups excluding carboxylic acids is 2. The van der Waals surface area contributed by atoms with Crippen LogP contribution in [0.2, 0.25) is 0 Å². The molecule has 2 unspecified atom stereocenters. The lowest BCUT2D eigenvalue weighted by molar-refractivity contribution is -0.149. The van der Waals surface area contributed by atoms with Gasteiger partial charge < -0.3 is 20.7 Å². The van der Waals surface area contributed by atoms with Crippen molar-refractivity contribution in [2.45, 2.75) is 50.6 Å². The van der Waals surface area contributed by atoms with E-state index in [1.165, 1.54) is 0 Å². The zero-order valence-electron chi connectivity index (χ0n) is 17.0. The summed E-state index contributed by atoms with van der Waals surface area (Å²) in [4.78, 5) is 28.3. The first-order valence-electron chi connectivity index (χ1n) is 10.6. The lowest BCUT2D eigenvalue weighted by Gasteiger charge is -2.34. The van der Waals surface area contributed by atoms with E-state index in [9.17, 15) is 18.0 Å². The number of nitrogens with zero attached hydrogens (tertiary/aromatic N) is 2. The van der Waals surface area contributed by atoms with Crippen LogP contribution in [0.4, 0.5) is 5.69 Å². The van der Waals surface area contributed by atoms with Crippen molar-refractivity contribution in [3.05, 3.63) is 23.8 Å². The Morgan fingerprint density at radius 3 is 2.74 bits per heavy atom. The number of fused-ring (bicyclic) bond motifs is 2. The number of anilines is 1. The van der Waals surface area contributed by atoms with Crippen LogP contribution in [0.1, 0.15) is 44.1 Å². The summed E-state index contributed by atoms with van der Waals surface area (Å²) in [5.74, 6) is -0.413. The molecule has 1 aliphatic carbocycles. The summed E-state index contributed by atoms with van der Waals surface area (Å²) in [5.41, 5.74) is 5.14. The molecule has 11 heteroatoms. The van der Waals surface area contributed by atoms with E-state index in [1.807, 2.05) is 0 Å². The fourth-order valence-corrected chi connectivity index (χ4v) is 5.84. The van der Waals surface area contributed by atoms with Crippen LogP contribution in [0.15, 0.2) is 22.6 Å². The SMILES string of the molecule is NC1=NS(=O)(=O)Nc2cccc(OCC3(C(=O)NC4CCCC4)CC4CCN4C3=O)c21. The van der Waals surface area contributed by atoms with Gasteiger partial charge in [-0.2, -0.15) is 8.42 Å². The topological polar surface area (TPSA) is 143 Å². The number of amides is 2. The minimum atomic E-state index is -3.91. The van der Waals surface area contributed by atoms with E-state index in [0.29, 0.717) is 18.5 Å². The Morgan fingerprint density at radius 2 is 2.10 bits per heavy atom. The summed E-state index contributed by atoms with van der Waals surface area (Å²) in [7, 11) is -3.91. The van der Waals surface area contributed by atoms with Crippen molar-refractivity contribution in [3.8, 4) is 5.75 Å². The Labute approximate surface area is 180 Å². The molecule has 1 aromatic rings. The molecule has 166 valence electrons. The van der Waals surface area contributed by atoms with Crippen LogP contribution in [-0.4, -0.2) is 56.2 Å². The first kappa shape index (κ1) is 20.1. The number of carbonyl (C=O) groups is 2. The van der Waals surface area contributed by atoms with Gasteiger partial charge in [0, 0.05) is 18.6 Å². The van der Waals surface area contributed by atoms with E-state index in [4.69, 9.17) is 10.5 Å². The zero-order chi connectivity index (χ0) is 21.8. The summed E-state index contributed by atoms with van der Waals surface area (Å²) in [6.45, 7) is 0.512. The van der Waals surface area contributed by atoms with E-state index in [0.717, 1.165) is 32.1 Å². The van der Waals surface area contributed by atoms with Gasteiger partial charge in [0.05, 0.1) is 11.3 Å². The van der Waals surface area contributed by atoms with Crippen LogP contribution >= 0.6 is 0 Å². The molecule has 4 aliphatic rings. The normalized spacial score (nSPS) is 28.8. The van der Waals surface area contributed by atoms with Gasteiger partial charge in [-0.05, 0) is 37.8 Å². The summed E-state index contributed by atoms with van der Waals surface area (Å²) in [5, 5.41) is 3.07. The monoisotopic (exact) mass is 447 g/mol. The molecule has 5 rings (SSSR count). The van der Waals surface area contributed by atoms with Gasteiger partial charge >= 0.3 is 10.2 Å². The van der Waals surface area contributed by atoms with Gasteiger partial charge in [0.1, 0.15) is 12.4 Å². The van der Waals surface area contributed by atoms with Gasteiger partial charge in [-0.3, -0.25) is 14.3 Å². The Balaban J connectivity index is 1.43. The van der Waals surface area contributed by atoms with E-state index in [2.05, 4.69) is 14.4 Å². The highest BCUT2D eigenvalue weighted by atomic mass is 32.2. The number of amidine groups is 1. The van der Waals surface area contributed by atoms with Crippen molar-refractivity contribution in [3.63, 3.8) is 0 Å². The fourth-order valence-electron chi connectivity index (χ4n) is 4.99. The number of hydrogen-bond donors (Lipinski definition) is 3. The molecule has 2 saturated heterocycles. The smallest absolute Gasteiger partial charge is 0.344 e. The molecule has 0 bridgehead atoms. The highest BCUT2D eigenvalue weighted by Crippen LogP contribution is 2.44. The third kappa shape index (κ3) is 3.31. The molecule has 3 fully saturated rings. The van der Waals surface area contributed by atoms with Crippen LogP contribution < -0.4 is 20.5 Å². The number of ether oxygens (including phenoxy) is 1. The van der Waals surface area contributed by atoms with Crippen molar-refractivity contribution in [1.82, 2.24) is 10.2 Å². The third-order valence-electron chi connectivity index (χ3n) is 6.74. The van der Waals surface area contributed by atoms with Crippen molar-refractivity contribution < 1.29 is 22.7 Å². The number of rotatable bonds is 5. The average Bonchev–Trinajstić information content (AvgIpc) is 3.24. The number of nitrogens with one attached hydrogen (secondary N) is 2. The molecule has 1 aromatic carbocycles. The predicted octanol–water partition coefficient (Wildman–Crippen LogP) is 0.491. The minimum absolute atomic E-state index is 0.0635. The molecule has 10 nitrogen and oxygen atoms in total. The van der Waals surface area contributed by atoms with E-state index in [1.54, 1.807) is 23.1 Å². The van der Waals surface area contributed by atoms with Gasteiger partial charge in [-0.15, -0.1) is 4.40 Å². The van der Waals surface area contributed by atoms with Gasteiger partial charge in [0.25, 0.3) is 0 Å². The van der Waals surface area contributed by atoms with Crippen LogP contribution in [0, 0.1) is 5.41 Å². The number of nitrogens with two attached hydrogens (primary N) is 1. The molecule has 0 aromatic heterocycles. The van der Waals surface area contributed by atoms with Gasteiger partial charge in [-0.25, -0.2) is 0 Å². The number of benzene rings is 1. The molecule has 0 spiro atoms. The third-order valence-corrected chi connectivity index (χ3v) is 7.65. The van der Waals surface area contributed by atoms with Crippen LogP contribution in [0.25, 0.3) is 0 Å². The maximum Gasteiger partial charge on any atom is 0.344 e. The van der Waals surface area contributed by atoms with Crippen molar-refractivity contribution in [2.75, 3.05) is 17.9 Å². The molecule has 4 N–H and O–H groups in total. The molecule has 31 heavy (non-hydrogen) atoms. The van der Waals surface area contributed by atoms with E-state index in [-0.39, 0.29) is 47.8 Å². The average molecular weight is 448 g/mol. The van der Waals surface area contributed by atoms with Gasteiger partial charge in [0.15, 0.2) is 11.3 Å². The Bertz CT molecular complexity index is 1080. The van der Waals surface area contributed by atoms with Crippen molar-refractivity contribution in [1.29, 1.82) is 0 Å². The van der Waals surface area contributed by atoms with Crippen molar-refractivity contribution in [2.24, 2.45) is 15.5 Å². The Kier molecular flexibility index (Phi) is 4.61. The molecule has 2 amide bonds. The first-order valence-corrected chi connectivity index (χ1v) is 12.0.